The van der Waals surface area contributed by atoms with E-state index in [1.807, 2.05) is 36.4 Å². The smallest absolute Gasteiger partial charge is 0.400 e. The van der Waals surface area contributed by atoms with Gasteiger partial charge >= 0.3 is 7.12 Å². The number of rotatable bonds is 1. The first kappa shape index (κ1) is 20.9. The summed E-state index contributed by atoms with van der Waals surface area (Å²) in [6.07, 6.45) is 9.83. The molecule has 1 saturated heterocycles. The largest absolute Gasteiger partial charge is 0.494 e. The molecule has 1 heterocycles. The molecule has 5 aliphatic rings. The first-order chi connectivity index (χ1) is 15.4. The Balaban J connectivity index is 1.33. The molecule has 32 heavy (non-hydrogen) atoms. The fraction of sp³-hybridized carbons (Fsp3) is 0.630. The van der Waals surface area contributed by atoms with Gasteiger partial charge in [0.25, 0.3) is 0 Å². The van der Waals surface area contributed by atoms with Gasteiger partial charge in [0.2, 0.25) is 0 Å². The van der Waals surface area contributed by atoms with E-state index < -0.39 is 12.7 Å². The lowest BCUT2D eigenvalue weighted by molar-refractivity contribution is -0.169. The van der Waals surface area contributed by atoms with E-state index in [0.717, 1.165) is 50.4 Å². The van der Waals surface area contributed by atoms with Crippen LogP contribution in [0.4, 0.5) is 0 Å². The predicted molar refractivity (Wildman–Crippen MR) is 123 cm³/mol. The fourth-order valence-corrected chi connectivity index (χ4v) is 8.53. The number of ketones is 2. The molecular weight excluding hydrogens is 399 g/mol. The van der Waals surface area contributed by atoms with Gasteiger partial charge in [-0.25, -0.2) is 0 Å². The summed E-state index contributed by atoms with van der Waals surface area (Å²) in [7, 11) is -0.468. The van der Waals surface area contributed by atoms with Crippen LogP contribution in [0.25, 0.3) is 0 Å². The van der Waals surface area contributed by atoms with Gasteiger partial charge in [0.05, 0.1) is 6.61 Å². The molecule has 0 amide bonds. The van der Waals surface area contributed by atoms with Crippen molar-refractivity contribution < 1.29 is 18.9 Å². The molecule has 1 aliphatic heterocycles. The minimum absolute atomic E-state index is 0.138. The number of Topliss-reactive ketones (excluding diaryl/α,β-unsaturated/α-hetero) is 1. The van der Waals surface area contributed by atoms with E-state index in [4.69, 9.17) is 9.31 Å². The maximum absolute atomic E-state index is 13.4. The Hall–Kier alpha value is -1.72. The van der Waals surface area contributed by atoms with Crippen molar-refractivity contribution in [2.24, 2.45) is 28.6 Å². The molecule has 0 N–H and O–H groups in total. The highest BCUT2D eigenvalue weighted by Gasteiger charge is 2.68. The third-order valence-corrected chi connectivity index (χ3v) is 10.3. The Morgan fingerprint density at radius 3 is 2.53 bits per heavy atom. The SMILES string of the molecule is CC12CCC(=O)C=C1CCC1C2CCC2(C)C1CCC21OB(c2ccccc2)OCC1=O. The molecule has 0 bridgehead atoms. The van der Waals surface area contributed by atoms with Gasteiger partial charge in [0.1, 0.15) is 5.60 Å². The Morgan fingerprint density at radius 2 is 1.72 bits per heavy atom. The number of carbonyl (C=O) groups excluding carboxylic acids is 2. The van der Waals surface area contributed by atoms with Crippen LogP contribution in [-0.4, -0.2) is 30.9 Å². The fourth-order valence-electron chi connectivity index (χ4n) is 8.53. The summed E-state index contributed by atoms with van der Waals surface area (Å²) in [6, 6.07) is 10.0. The molecular formula is C27H33BO4. The third-order valence-electron chi connectivity index (χ3n) is 10.3. The van der Waals surface area contributed by atoms with E-state index >= 15 is 0 Å². The standard InChI is InChI=1S/C27H33BO4/c1-25-13-10-20(29)16-18(25)8-9-21-22(25)11-14-26(2)23(21)12-15-27(26)24(30)17-31-28(32-27)19-6-4-3-5-7-19/h3-7,16,21-23H,8-15,17H2,1-2H3. The minimum atomic E-state index is -0.735. The van der Waals surface area contributed by atoms with E-state index in [-0.39, 0.29) is 23.2 Å². The number of benzene rings is 1. The molecule has 0 aromatic heterocycles. The Labute approximate surface area is 191 Å². The quantitative estimate of drug-likeness (QED) is 0.622. The molecule has 6 rings (SSSR count). The zero-order valence-corrected chi connectivity index (χ0v) is 19.3. The maximum Gasteiger partial charge on any atom is 0.494 e. The van der Waals surface area contributed by atoms with Crippen molar-refractivity contribution >= 4 is 24.1 Å². The van der Waals surface area contributed by atoms with Gasteiger partial charge < -0.3 is 9.31 Å². The lowest BCUT2D eigenvalue weighted by Crippen LogP contribution is -2.65. The molecule has 6 unspecified atom stereocenters. The van der Waals surface area contributed by atoms with E-state index in [2.05, 4.69) is 13.8 Å². The normalized spacial score (nSPS) is 43.5. The van der Waals surface area contributed by atoms with Crippen molar-refractivity contribution in [1.29, 1.82) is 0 Å². The van der Waals surface area contributed by atoms with E-state index in [1.165, 1.54) is 5.57 Å². The van der Waals surface area contributed by atoms with Gasteiger partial charge in [-0.05, 0) is 79.7 Å². The van der Waals surface area contributed by atoms with Gasteiger partial charge in [-0.3, -0.25) is 9.59 Å². The number of hydrogen-bond donors (Lipinski definition) is 0. The van der Waals surface area contributed by atoms with Crippen LogP contribution < -0.4 is 5.46 Å². The van der Waals surface area contributed by atoms with E-state index in [0.29, 0.717) is 30.0 Å². The summed E-state index contributed by atoms with van der Waals surface area (Å²) in [4.78, 5) is 25.5. The van der Waals surface area contributed by atoms with Gasteiger partial charge in [-0.1, -0.05) is 49.8 Å². The van der Waals surface area contributed by atoms with Crippen LogP contribution in [-0.2, 0) is 18.9 Å². The molecule has 4 nitrogen and oxygen atoms in total. The highest BCUT2D eigenvalue weighted by atomic mass is 16.6. The zero-order chi connectivity index (χ0) is 22.1. The van der Waals surface area contributed by atoms with Crippen LogP contribution in [0.5, 0.6) is 0 Å². The molecule has 168 valence electrons. The molecule has 6 atom stereocenters. The summed E-state index contributed by atoms with van der Waals surface area (Å²) in [5.74, 6) is 2.17. The molecule has 4 fully saturated rings. The van der Waals surface area contributed by atoms with Crippen molar-refractivity contribution in [3.8, 4) is 0 Å². The highest BCUT2D eigenvalue weighted by Crippen LogP contribution is 2.68. The third kappa shape index (κ3) is 2.70. The van der Waals surface area contributed by atoms with Gasteiger partial charge in [-0.15, -0.1) is 0 Å². The van der Waals surface area contributed by atoms with Crippen molar-refractivity contribution in [2.75, 3.05) is 6.61 Å². The molecule has 1 spiro atoms. The van der Waals surface area contributed by atoms with Crippen LogP contribution in [0.3, 0.4) is 0 Å². The van der Waals surface area contributed by atoms with Crippen molar-refractivity contribution in [3.63, 3.8) is 0 Å². The van der Waals surface area contributed by atoms with Gasteiger partial charge in [0, 0.05) is 11.8 Å². The second-order valence-electron chi connectivity index (χ2n) is 11.4. The average molecular weight is 432 g/mol. The Kier molecular flexibility index (Phi) is 4.65. The molecule has 4 aliphatic carbocycles. The molecule has 5 heteroatoms. The molecule has 1 aromatic rings. The summed E-state index contributed by atoms with van der Waals surface area (Å²) < 4.78 is 12.6. The Bertz CT molecular complexity index is 989. The maximum atomic E-state index is 13.4. The second kappa shape index (κ2) is 7.14. The highest BCUT2D eigenvalue weighted by molar-refractivity contribution is 6.62. The van der Waals surface area contributed by atoms with Crippen LogP contribution in [0.1, 0.15) is 65.2 Å². The average Bonchev–Trinajstić information content (AvgIpc) is 3.09. The van der Waals surface area contributed by atoms with Crippen LogP contribution in [0.15, 0.2) is 42.0 Å². The first-order valence-electron chi connectivity index (χ1n) is 12.5. The number of carbonyl (C=O) groups is 2. The Morgan fingerprint density at radius 1 is 0.938 bits per heavy atom. The van der Waals surface area contributed by atoms with Crippen molar-refractivity contribution in [1.82, 2.24) is 0 Å². The van der Waals surface area contributed by atoms with Crippen molar-refractivity contribution in [3.05, 3.63) is 42.0 Å². The number of fused-ring (bicyclic) bond motifs is 6. The van der Waals surface area contributed by atoms with Crippen LogP contribution >= 0.6 is 0 Å². The number of hydrogen-bond acceptors (Lipinski definition) is 4. The lowest BCUT2D eigenvalue weighted by atomic mass is 9.46. The van der Waals surface area contributed by atoms with E-state index in [1.54, 1.807) is 0 Å². The van der Waals surface area contributed by atoms with Crippen LogP contribution in [0.2, 0.25) is 0 Å². The summed E-state index contributed by atoms with van der Waals surface area (Å²) in [5, 5.41) is 0. The van der Waals surface area contributed by atoms with Gasteiger partial charge in [0.15, 0.2) is 11.6 Å². The monoisotopic (exact) mass is 432 g/mol. The minimum Gasteiger partial charge on any atom is -0.400 e. The molecule has 3 saturated carbocycles. The van der Waals surface area contributed by atoms with E-state index in [9.17, 15) is 9.59 Å². The number of allylic oxidation sites excluding steroid dienone is 1. The zero-order valence-electron chi connectivity index (χ0n) is 19.3. The van der Waals surface area contributed by atoms with Crippen molar-refractivity contribution in [2.45, 2.75) is 70.8 Å². The topological polar surface area (TPSA) is 52.6 Å². The summed E-state index contributed by atoms with van der Waals surface area (Å²) in [5.41, 5.74) is 1.66. The molecule has 1 aromatic carbocycles. The first-order valence-corrected chi connectivity index (χ1v) is 12.5. The second-order valence-corrected chi connectivity index (χ2v) is 11.4. The summed E-state index contributed by atoms with van der Waals surface area (Å²) >= 11 is 0. The van der Waals surface area contributed by atoms with Crippen LogP contribution in [0, 0.1) is 28.6 Å². The molecule has 0 radical (unpaired) electrons. The predicted octanol–water partition coefficient (Wildman–Crippen LogP) is 4.27. The van der Waals surface area contributed by atoms with Gasteiger partial charge in [-0.2, -0.15) is 0 Å². The lowest BCUT2D eigenvalue weighted by Gasteiger charge is -2.60. The summed E-state index contributed by atoms with van der Waals surface area (Å²) in [6.45, 7) is 4.89.